The average molecular weight is 271 g/mol. The second-order valence-corrected chi connectivity index (χ2v) is 6.39. The van der Waals surface area contributed by atoms with E-state index in [9.17, 15) is 0 Å². The number of fused-ring (bicyclic) bond motifs is 5. The van der Waals surface area contributed by atoms with Gasteiger partial charge in [0.15, 0.2) is 0 Å². The van der Waals surface area contributed by atoms with Crippen molar-refractivity contribution in [1.82, 2.24) is 14.6 Å². The van der Waals surface area contributed by atoms with Crippen LogP contribution in [0.5, 0.6) is 5.75 Å². The maximum absolute atomic E-state index is 6.13. The third kappa shape index (κ3) is 1.39. The Bertz CT molecular complexity index is 800. The molecule has 0 spiro atoms. The first-order chi connectivity index (χ1) is 9.06. The molecule has 0 amide bonds. The van der Waals surface area contributed by atoms with Crippen molar-refractivity contribution in [2.45, 2.75) is 26.4 Å². The van der Waals surface area contributed by atoms with Gasteiger partial charge < -0.3 is 4.74 Å². The van der Waals surface area contributed by atoms with Gasteiger partial charge in [-0.3, -0.25) is 0 Å². The molecule has 1 aromatic carbocycles. The molecule has 0 unspecified atom stereocenters. The lowest BCUT2D eigenvalue weighted by atomic mass is 9.95. The van der Waals surface area contributed by atoms with Crippen molar-refractivity contribution in [3.8, 4) is 17.0 Å². The summed E-state index contributed by atoms with van der Waals surface area (Å²) in [6.45, 7) is 6.12. The SMILES string of the molecule is Cc1nn2c3c(nc2s1)-c1ccccc1OC3(C)C. The van der Waals surface area contributed by atoms with Crippen molar-refractivity contribution < 1.29 is 4.74 Å². The molecule has 1 aliphatic heterocycles. The predicted molar refractivity (Wildman–Crippen MR) is 74.7 cm³/mol. The number of ether oxygens (including phenoxy) is 1. The maximum atomic E-state index is 6.13. The summed E-state index contributed by atoms with van der Waals surface area (Å²) in [6.07, 6.45) is 0. The zero-order chi connectivity index (χ0) is 13.2. The molecular weight excluding hydrogens is 258 g/mol. The van der Waals surface area contributed by atoms with Gasteiger partial charge in [-0.05, 0) is 32.9 Å². The molecule has 0 N–H and O–H groups in total. The predicted octanol–water partition coefficient (Wildman–Crippen LogP) is 3.39. The largest absolute Gasteiger partial charge is 0.481 e. The third-order valence-corrected chi connectivity index (χ3v) is 4.21. The molecule has 0 saturated heterocycles. The molecule has 19 heavy (non-hydrogen) atoms. The second kappa shape index (κ2) is 3.36. The second-order valence-electron chi connectivity index (χ2n) is 5.23. The molecular formula is C14H13N3OS. The van der Waals surface area contributed by atoms with Gasteiger partial charge in [0.05, 0.1) is 0 Å². The average Bonchev–Trinajstić information content (AvgIpc) is 2.84. The first-order valence-electron chi connectivity index (χ1n) is 6.21. The van der Waals surface area contributed by atoms with E-state index in [1.807, 2.05) is 35.7 Å². The van der Waals surface area contributed by atoms with E-state index in [0.29, 0.717) is 0 Å². The Morgan fingerprint density at radius 1 is 1.26 bits per heavy atom. The lowest BCUT2D eigenvalue weighted by Gasteiger charge is -2.31. The van der Waals surface area contributed by atoms with E-state index in [1.165, 1.54) is 0 Å². The van der Waals surface area contributed by atoms with Crippen LogP contribution >= 0.6 is 11.3 Å². The molecule has 3 heterocycles. The van der Waals surface area contributed by atoms with Gasteiger partial charge in [0, 0.05) is 5.56 Å². The highest BCUT2D eigenvalue weighted by atomic mass is 32.1. The first-order valence-corrected chi connectivity index (χ1v) is 7.03. The summed E-state index contributed by atoms with van der Waals surface area (Å²) in [6, 6.07) is 8.04. The van der Waals surface area contributed by atoms with Crippen molar-refractivity contribution in [3.63, 3.8) is 0 Å². The first kappa shape index (κ1) is 11.0. The minimum atomic E-state index is -0.427. The lowest BCUT2D eigenvalue weighted by Crippen LogP contribution is -2.31. The smallest absolute Gasteiger partial charge is 0.213 e. The number of hydrogen-bond donors (Lipinski definition) is 0. The van der Waals surface area contributed by atoms with E-state index < -0.39 is 5.60 Å². The number of nitrogens with zero attached hydrogens (tertiary/aromatic N) is 3. The van der Waals surface area contributed by atoms with Gasteiger partial charge in [-0.25, -0.2) is 9.50 Å². The van der Waals surface area contributed by atoms with E-state index in [1.54, 1.807) is 11.3 Å². The molecule has 0 atom stereocenters. The molecule has 4 rings (SSSR count). The number of benzene rings is 1. The lowest BCUT2D eigenvalue weighted by molar-refractivity contribution is 0.0984. The summed E-state index contributed by atoms with van der Waals surface area (Å²) in [5.41, 5.74) is 2.65. The fourth-order valence-corrected chi connectivity index (χ4v) is 3.39. The van der Waals surface area contributed by atoms with Crippen LogP contribution in [0.15, 0.2) is 24.3 Å². The van der Waals surface area contributed by atoms with E-state index in [-0.39, 0.29) is 0 Å². The van der Waals surface area contributed by atoms with E-state index in [0.717, 1.165) is 32.7 Å². The molecule has 0 saturated carbocycles. The molecule has 1 aliphatic rings. The van der Waals surface area contributed by atoms with Crippen LogP contribution in [-0.2, 0) is 5.60 Å². The van der Waals surface area contributed by atoms with Crippen molar-refractivity contribution in [1.29, 1.82) is 0 Å². The molecule has 0 radical (unpaired) electrons. The summed E-state index contributed by atoms with van der Waals surface area (Å²) < 4.78 is 8.05. The topological polar surface area (TPSA) is 39.4 Å². The van der Waals surface area contributed by atoms with E-state index in [4.69, 9.17) is 9.72 Å². The van der Waals surface area contributed by atoms with Gasteiger partial charge >= 0.3 is 0 Å². The maximum Gasteiger partial charge on any atom is 0.213 e. The number of aryl methyl sites for hydroxylation is 1. The minimum absolute atomic E-state index is 0.427. The Balaban J connectivity index is 2.13. The van der Waals surface area contributed by atoms with Crippen LogP contribution in [0.3, 0.4) is 0 Å². The van der Waals surface area contributed by atoms with Crippen LogP contribution in [0.4, 0.5) is 0 Å². The summed E-state index contributed by atoms with van der Waals surface area (Å²) >= 11 is 1.61. The van der Waals surface area contributed by atoms with Crippen LogP contribution in [0.1, 0.15) is 24.5 Å². The monoisotopic (exact) mass is 271 g/mol. The number of para-hydroxylation sites is 1. The summed E-state index contributed by atoms with van der Waals surface area (Å²) in [5.74, 6) is 0.891. The van der Waals surface area contributed by atoms with Crippen molar-refractivity contribution in [2.75, 3.05) is 0 Å². The number of rotatable bonds is 0. The Morgan fingerprint density at radius 3 is 2.89 bits per heavy atom. The Labute approximate surface area is 114 Å². The number of hydrogen-bond acceptors (Lipinski definition) is 4. The normalized spacial score (nSPS) is 15.9. The summed E-state index contributed by atoms with van der Waals surface area (Å²) in [7, 11) is 0. The fraction of sp³-hybridized carbons (Fsp3) is 0.286. The van der Waals surface area contributed by atoms with Gasteiger partial charge in [-0.2, -0.15) is 5.10 Å². The van der Waals surface area contributed by atoms with E-state index >= 15 is 0 Å². The van der Waals surface area contributed by atoms with Crippen LogP contribution in [0.2, 0.25) is 0 Å². The van der Waals surface area contributed by atoms with Gasteiger partial charge in [-0.15, -0.1) is 0 Å². The molecule has 2 aromatic heterocycles. The van der Waals surface area contributed by atoms with Crippen LogP contribution in [0.25, 0.3) is 16.2 Å². The minimum Gasteiger partial charge on any atom is -0.481 e. The zero-order valence-corrected chi connectivity index (χ0v) is 11.8. The molecule has 5 heteroatoms. The van der Waals surface area contributed by atoms with Gasteiger partial charge in [0.2, 0.25) is 4.96 Å². The van der Waals surface area contributed by atoms with Crippen molar-refractivity contribution in [2.24, 2.45) is 0 Å². The molecule has 0 aliphatic carbocycles. The number of aromatic nitrogens is 3. The Morgan fingerprint density at radius 2 is 2.05 bits per heavy atom. The molecule has 96 valence electrons. The van der Waals surface area contributed by atoms with Gasteiger partial charge in [-0.1, -0.05) is 23.5 Å². The van der Waals surface area contributed by atoms with E-state index in [2.05, 4.69) is 18.9 Å². The Hall–Kier alpha value is -1.88. The van der Waals surface area contributed by atoms with Gasteiger partial charge in [0.1, 0.15) is 27.7 Å². The molecule has 3 aromatic rings. The standard InChI is InChI=1S/C14H13N3OS/c1-8-16-17-12-11(15-13(17)19-8)9-6-4-5-7-10(9)18-14(12,2)3/h4-7H,1-3H3. The summed E-state index contributed by atoms with van der Waals surface area (Å²) in [4.78, 5) is 5.68. The highest BCUT2D eigenvalue weighted by Gasteiger charge is 2.38. The van der Waals surface area contributed by atoms with Crippen LogP contribution in [0, 0.1) is 6.92 Å². The molecule has 0 fully saturated rings. The summed E-state index contributed by atoms with van der Waals surface area (Å²) in [5, 5.41) is 5.56. The van der Waals surface area contributed by atoms with Crippen molar-refractivity contribution in [3.05, 3.63) is 35.0 Å². The molecule has 4 nitrogen and oxygen atoms in total. The highest BCUT2D eigenvalue weighted by Crippen LogP contribution is 2.45. The fourth-order valence-electron chi connectivity index (χ4n) is 2.65. The molecule has 0 bridgehead atoms. The van der Waals surface area contributed by atoms with Gasteiger partial charge in [0.25, 0.3) is 0 Å². The highest BCUT2D eigenvalue weighted by molar-refractivity contribution is 7.16. The third-order valence-electron chi connectivity index (χ3n) is 3.38. The van der Waals surface area contributed by atoms with Crippen molar-refractivity contribution >= 4 is 16.3 Å². The number of imidazole rings is 1. The van der Waals surface area contributed by atoms with Crippen LogP contribution < -0.4 is 4.74 Å². The Kier molecular flexibility index (Phi) is 1.94. The zero-order valence-electron chi connectivity index (χ0n) is 11.0. The van der Waals surface area contributed by atoms with Crippen LogP contribution in [-0.4, -0.2) is 14.6 Å². The quantitative estimate of drug-likeness (QED) is 0.629.